The Morgan fingerprint density at radius 3 is 2.04 bits per heavy atom. The Hall–Kier alpha value is -3.22. The molecule has 0 aliphatic heterocycles. The molecule has 0 aliphatic carbocycles. The molecule has 2 rings (SSSR count). The molecule has 2 aromatic carbocycles. The third-order valence-electron chi connectivity index (χ3n) is 3.95. The molecule has 2 N–H and O–H groups in total. The molecule has 0 fully saturated rings. The van der Waals surface area contributed by atoms with Crippen molar-refractivity contribution in [2.24, 2.45) is 0 Å². The molecule has 0 atom stereocenters. The minimum absolute atomic E-state index is 0.110. The van der Waals surface area contributed by atoms with E-state index >= 15 is 0 Å². The second-order valence-electron chi connectivity index (χ2n) is 5.96. The number of amides is 2. The largest absolute Gasteiger partial charge is 0.497 e. The van der Waals surface area contributed by atoms with Crippen LogP contribution in [0.15, 0.2) is 42.5 Å². The predicted octanol–water partition coefficient (Wildman–Crippen LogP) is 2.19. The van der Waals surface area contributed by atoms with Crippen molar-refractivity contribution in [1.29, 1.82) is 0 Å². The average molecular weight is 386 g/mol. The highest BCUT2D eigenvalue weighted by Gasteiger charge is 2.10. The van der Waals surface area contributed by atoms with Gasteiger partial charge in [-0.1, -0.05) is 12.1 Å². The summed E-state index contributed by atoms with van der Waals surface area (Å²) < 4.78 is 15.7. The molecule has 0 aromatic heterocycles. The van der Waals surface area contributed by atoms with Crippen molar-refractivity contribution in [3.05, 3.63) is 53.6 Å². The normalized spacial score (nSPS) is 10.1. The van der Waals surface area contributed by atoms with Gasteiger partial charge in [0.2, 0.25) is 5.91 Å². The first-order valence-electron chi connectivity index (χ1n) is 9.05. The number of hydrogen-bond donors (Lipinski definition) is 2. The minimum Gasteiger partial charge on any atom is -0.497 e. The third kappa shape index (κ3) is 6.50. The second kappa shape index (κ2) is 10.8. The second-order valence-corrected chi connectivity index (χ2v) is 5.96. The fraction of sp³-hybridized carbons (Fsp3) is 0.333. The number of carbonyl (C=O) groups excluding carboxylic acids is 2. The van der Waals surface area contributed by atoms with E-state index in [1.807, 2.05) is 31.2 Å². The molecule has 0 bridgehead atoms. The predicted molar refractivity (Wildman–Crippen MR) is 106 cm³/mol. The van der Waals surface area contributed by atoms with Crippen LogP contribution in [-0.4, -0.2) is 45.7 Å². The van der Waals surface area contributed by atoms with Crippen LogP contribution in [-0.2, 0) is 11.2 Å². The monoisotopic (exact) mass is 386 g/mol. The van der Waals surface area contributed by atoms with Crippen LogP contribution >= 0.6 is 0 Å². The van der Waals surface area contributed by atoms with Crippen LogP contribution in [0, 0.1) is 0 Å². The molecule has 0 radical (unpaired) electrons. The van der Waals surface area contributed by atoms with Gasteiger partial charge in [0.05, 0.1) is 27.2 Å². The molecule has 0 saturated carbocycles. The molecule has 0 aliphatic rings. The molecule has 7 heteroatoms. The summed E-state index contributed by atoms with van der Waals surface area (Å²) in [7, 11) is 3.05. The Balaban J connectivity index is 1.75. The maximum absolute atomic E-state index is 12.3. The van der Waals surface area contributed by atoms with Crippen LogP contribution in [0.2, 0.25) is 0 Å². The quantitative estimate of drug-likeness (QED) is 0.612. The van der Waals surface area contributed by atoms with Crippen LogP contribution < -0.4 is 24.8 Å². The van der Waals surface area contributed by atoms with E-state index in [4.69, 9.17) is 14.2 Å². The molecule has 2 aromatic rings. The van der Waals surface area contributed by atoms with Crippen LogP contribution in [0.5, 0.6) is 17.2 Å². The van der Waals surface area contributed by atoms with Gasteiger partial charge in [0.25, 0.3) is 5.91 Å². The number of benzene rings is 2. The molecule has 150 valence electrons. The first kappa shape index (κ1) is 21.1. The SMILES string of the molecule is CCOc1ccc(CC(=O)NCCNC(=O)c2cc(OC)cc(OC)c2)cc1. The lowest BCUT2D eigenvalue weighted by Gasteiger charge is -2.10. The summed E-state index contributed by atoms with van der Waals surface area (Å²) in [6.07, 6.45) is 0.271. The van der Waals surface area contributed by atoms with Gasteiger partial charge in [-0.25, -0.2) is 0 Å². The Labute approximate surface area is 165 Å². The molecule has 0 saturated heterocycles. The highest BCUT2D eigenvalue weighted by atomic mass is 16.5. The van der Waals surface area contributed by atoms with Crippen molar-refractivity contribution < 1.29 is 23.8 Å². The summed E-state index contributed by atoms with van der Waals surface area (Å²) in [6, 6.07) is 12.4. The van der Waals surface area contributed by atoms with E-state index in [1.54, 1.807) is 18.2 Å². The van der Waals surface area contributed by atoms with Crippen molar-refractivity contribution in [3.8, 4) is 17.2 Å². The molecule has 0 spiro atoms. The van der Waals surface area contributed by atoms with E-state index in [0.29, 0.717) is 36.8 Å². The summed E-state index contributed by atoms with van der Waals surface area (Å²) in [5.74, 6) is 1.48. The van der Waals surface area contributed by atoms with Gasteiger partial charge in [0, 0.05) is 24.7 Å². The summed E-state index contributed by atoms with van der Waals surface area (Å²) in [5.41, 5.74) is 1.32. The lowest BCUT2D eigenvalue weighted by molar-refractivity contribution is -0.120. The van der Waals surface area contributed by atoms with Crippen LogP contribution in [0.1, 0.15) is 22.8 Å². The van der Waals surface area contributed by atoms with Crippen LogP contribution in [0.3, 0.4) is 0 Å². The van der Waals surface area contributed by atoms with E-state index in [-0.39, 0.29) is 18.2 Å². The Bertz CT molecular complexity index is 768. The Morgan fingerprint density at radius 1 is 0.857 bits per heavy atom. The lowest BCUT2D eigenvalue weighted by atomic mass is 10.1. The maximum Gasteiger partial charge on any atom is 0.251 e. The average Bonchev–Trinajstić information content (AvgIpc) is 2.72. The number of nitrogens with one attached hydrogen (secondary N) is 2. The molecular formula is C21H26N2O5. The third-order valence-corrected chi connectivity index (χ3v) is 3.95. The van der Waals surface area contributed by atoms with E-state index in [0.717, 1.165) is 11.3 Å². The zero-order valence-electron chi connectivity index (χ0n) is 16.4. The van der Waals surface area contributed by atoms with Gasteiger partial charge in [0.15, 0.2) is 0 Å². The van der Waals surface area contributed by atoms with E-state index in [2.05, 4.69) is 10.6 Å². The fourth-order valence-electron chi connectivity index (χ4n) is 2.54. The highest BCUT2D eigenvalue weighted by Crippen LogP contribution is 2.22. The number of carbonyl (C=O) groups is 2. The van der Waals surface area contributed by atoms with E-state index in [9.17, 15) is 9.59 Å². The summed E-state index contributed by atoms with van der Waals surface area (Å²) in [6.45, 7) is 3.18. The minimum atomic E-state index is -0.266. The first-order valence-corrected chi connectivity index (χ1v) is 9.05. The van der Waals surface area contributed by atoms with Gasteiger partial charge in [0.1, 0.15) is 17.2 Å². The zero-order chi connectivity index (χ0) is 20.4. The van der Waals surface area contributed by atoms with Crippen molar-refractivity contribution in [3.63, 3.8) is 0 Å². The molecule has 0 unspecified atom stereocenters. The standard InChI is InChI=1S/C21H26N2O5/c1-4-28-17-7-5-15(6-8-17)11-20(24)22-9-10-23-21(25)16-12-18(26-2)14-19(13-16)27-3/h5-8,12-14H,4,9-11H2,1-3H3,(H,22,24)(H,23,25). The highest BCUT2D eigenvalue weighted by molar-refractivity contribution is 5.95. The van der Waals surface area contributed by atoms with Crippen molar-refractivity contribution in [1.82, 2.24) is 10.6 Å². The van der Waals surface area contributed by atoms with Gasteiger partial charge < -0.3 is 24.8 Å². The molecule has 28 heavy (non-hydrogen) atoms. The van der Waals surface area contributed by atoms with E-state index in [1.165, 1.54) is 14.2 Å². The van der Waals surface area contributed by atoms with E-state index < -0.39 is 0 Å². The van der Waals surface area contributed by atoms with Crippen molar-refractivity contribution in [2.45, 2.75) is 13.3 Å². The summed E-state index contributed by atoms with van der Waals surface area (Å²) in [5, 5.41) is 5.55. The molecule has 0 heterocycles. The summed E-state index contributed by atoms with van der Waals surface area (Å²) in [4.78, 5) is 24.3. The smallest absolute Gasteiger partial charge is 0.251 e. The molecule has 2 amide bonds. The number of methoxy groups -OCH3 is 2. The van der Waals surface area contributed by atoms with Gasteiger partial charge in [-0.15, -0.1) is 0 Å². The van der Waals surface area contributed by atoms with Crippen molar-refractivity contribution in [2.75, 3.05) is 33.9 Å². The number of ether oxygens (including phenoxy) is 3. The van der Waals surface area contributed by atoms with Gasteiger partial charge in [-0.2, -0.15) is 0 Å². The first-order chi connectivity index (χ1) is 13.5. The molecule has 7 nitrogen and oxygen atoms in total. The fourth-order valence-corrected chi connectivity index (χ4v) is 2.54. The Kier molecular flexibility index (Phi) is 8.14. The van der Waals surface area contributed by atoms with Gasteiger partial charge in [-0.05, 0) is 36.8 Å². The van der Waals surface area contributed by atoms with Crippen molar-refractivity contribution >= 4 is 11.8 Å². The lowest BCUT2D eigenvalue weighted by Crippen LogP contribution is -2.35. The molecular weight excluding hydrogens is 360 g/mol. The van der Waals surface area contributed by atoms with Crippen LogP contribution in [0.25, 0.3) is 0 Å². The van der Waals surface area contributed by atoms with Crippen LogP contribution in [0.4, 0.5) is 0 Å². The summed E-state index contributed by atoms with van der Waals surface area (Å²) >= 11 is 0. The Morgan fingerprint density at radius 2 is 1.46 bits per heavy atom. The maximum atomic E-state index is 12.3. The number of rotatable bonds is 10. The topological polar surface area (TPSA) is 85.9 Å². The zero-order valence-corrected chi connectivity index (χ0v) is 16.4. The van der Waals surface area contributed by atoms with Gasteiger partial charge >= 0.3 is 0 Å². The van der Waals surface area contributed by atoms with Gasteiger partial charge in [-0.3, -0.25) is 9.59 Å². The number of hydrogen-bond acceptors (Lipinski definition) is 5.